The van der Waals surface area contributed by atoms with Crippen molar-refractivity contribution < 1.29 is 49.9 Å². The molecule has 0 saturated carbocycles. The van der Waals surface area contributed by atoms with E-state index in [9.17, 15) is 49.9 Å². The van der Waals surface area contributed by atoms with Gasteiger partial charge in [-0.2, -0.15) is 16.8 Å². The Balaban J connectivity index is 0.847. The summed E-state index contributed by atoms with van der Waals surface area (Å²) in [6.07, 6.45) is 6.05. The van der Waals surface area contributed by atoms with E-state index in [1.165, 1.54) is 94.6 Å². The second-order valence-electron chi connectivity index (χ2n) is 15.7. The smallest absolute Gasteiger partial charge is 0.325 e. The van der Waals surface area contributed by atoms with Crippen molar-refractivity contribution in [1.29, 1.82) is 0 Å². The van der Waals surface area contributed by atoms with E-state index < -0.39 is 49.9 Å². The summed E-state index contributed by atoms with van der Waals surface area (Å²) in [5.74, 6) is -0.893. The van der Waals surface area contributed by atoms with Gasteiger partial charge in [0.2, 0.25) is 0 Å². The fourth-order valence-corrected chi connectivity index (χ4v) is 8.26. The number of urea groups is 1. The number of hydrogen-bond acceptors (Lipinski definition) is 9. The molecule has 0 spiro atoms. The lowest BCUT2D eigenvalue weighted by Crippen LogP contribution is -2.22. The van der Waals surface area contributed by atoms with Crippen LogP contribution in [-0.4, -0.2) is 73.9 Å². The number of aryl methyl sites for hydroxylation is 4. The molecule has 68 heavy (non-hydrogen) atoms. The molecule has 4 aromatic heterocycles. The van der Waals surface area contributed by atoms with Gasteiger partial charge in [-0.25, -0.2) is 4.79 Å². The first kappa shape index (κ1) is 46.0. The van der Waals surface area contributed by atoms with Crippen molar-refractivity contribution in [3.8, 4) is 0 Å². The highest BCUT2D eigenvalue weighted by atomic mass is 32.2. The number of amides is 6. The standard InChI is InChI=1S/C45H40N10O11S2/c1-52-21-29(41(56)46-33-9-5-27-15-35(67(61,62)63)11-7-25(27)13-33)17-37(52)48-43(58)31-19-39(54(3)23-31)50-45(60)51-40-20-32(24-55(40)4)44(59)49-38-18-30(22-53(38)2)42(57)47-34-10-6-28-16-36(68(64,65)66)12-8-26(28)14-34/h5-24H,1-4H3,(H,46,56)(H,47,57)(H,48,58)(H,49,59)(H2,50,51,60)(H,61,62,63)(H,64,65,66). The zero-order valence-corrected chi connectivity index (χ0v) is 37.9. The van der Waals surface area contributed by atoms with Crippen LogP contribution in [0.25, 0.3) is 21.5 Å². The first-order chi connectivity index (χ1) is 32.1. The van der Waals surface area contributed by atoms with E-state index in [4.69, 9.17) is 0 Å². The van der Waals surface area contributed by atoms with Gasteiger partial charge in [0.05, 0.1) is 32.0 Å². The highest BCUT2D eigenvalue weighted by Crippen LogP contribution is 2.26. The lowest BCUT2D eigenvalue weighted by Gasteiger charge is -2.08. The monoisotopic (exact) mass is 960 g/mol. The number of carbonyl (C=O) groups excluding carboxylic acids is 5. The van der Waals surface area contributed by atoms with Crippen molar-refractivity contribution in [2.75, 3.05) is 31.9 Å². The molecule has 4 heterocycles. The zero-order chi connectivity index (χ0) is 48.8. The van der Waals surface area contributed by atoms with Gasteiger partial charge >= 0.3 is 6.03 Å². The maximum Gasteiger partial charge on any atom is 0.325 e. The van der Waals surface area contributed by atoms with E-state index in [2.05, 4.69) is 31.9 Å². The minimum atomic E-state index is -4.38. The molecule has 8 rings (SSSR count). The minimum Gasteiger partial charge on any atom is -0.337 e. The Hall–Kier alpha value is -8.51. The number of nitrogens with zero attached hydrogens (tertiary/aromatic N) is 4. The van der Waals surface area contributed by atoms with Crippen molar-refractivity contribution in [1.82, 2.24) is 18.3 Å². The Bertz CT molecular complexity index is 3410. The Morgan fingerprint density at radius 3 is 0.985 bits per heavy atom. The average molecular weight is 961 g/mol. The lowest BCUT2D eigenvalue weighted by molar-refractivity contribution is 0.101. The molecule has 0 saturated heterocycles. The molecule has 0 bridgehead atoms. The van der Waals surface area contributed by atoms with Crippen molar-refractivity contribution in [2.24, 2.45) is 28.2 Å². The molecule has 0 aliphatic carbocycles. The van der Waals surface area contributed by atoms with Crippen LogP contribution in [0.2, 0.25) is 0 Å². The molecule has 0 aliphatic heterocycles. The molecule has 21 nitrogen and oxygen atoms in total. The van der Waals surface area contributed by atoms with Gasteiger partial charge in [0.15, 0.2) is 0 Å². The number of benzene rings is 4. The maximum absolute atomic E-state index is 13.3. The molecule has 0 atom stereocenters. The van der Waals surface area contributed by atoms with Gasteiger partial charge in [-0.15, -0.1) is 0 Å². The Morgan fingerprint density at radius 2 is 0.662 bits per heavy atom. The first-order valence-electron chi connectivity index (χ1n) is 20.1. The van der Waals surface area contributed by atoms with Crippen LogP contribution in [0.5, 0.6) is 0 Å². The fraction of sp³-hybridized carbons (Fsp3) is 0.0889. The summed E-state index contributed by atoms with van der Waals surface area (Å²) in [6.45, 7) is 0. The summed E-state index contributed by atoms with van der Waals surface area (Å²) in [5.41, 5.74) is 1.70. The summed E-state index contributed by atoms with van der Waals surface area (Å²) in [6, 6.07) is 23.0. The third-order valence-corrected chi connectivity index (χ3v) is 12.5. The normalized spacial score (nSPS) is 11.6. The highest BCUT2D eigenvalue weighted by Gasteiger charge is 2.20. The van der Waals surface area contributed by atoms with E-state index in [-0.39, 0.29) is 43.7 Å². The van der Waals surface area contributed by atoms with Crippen LogP contribution in [0.15, 0.2) is 132 Å². The highest BCUT2D eigenvalue weighted by molar-refractivity contribution is 7.86. The van der Waals surface area contributed by atoms with Gasteiger partial charge < -0.3 is 39.5 Å². The Labute approximate surface area is 386 Å². The molecule has 0 radical (unpaired) electrons. The van der Waals surface area contributed by atoms with Gasteiger partial charge in [-0.05, 0) is 94.3 Å². The third-order valence-electron chi connectivity index (χ3n) is 10.8. The Kier molecular flexibility index (Phi) is 12.0. The van der Waals surface area contributed by atoms with Crippen LogP contribution in [0.3, 0.4) is 0 Å². The second-order valence-corrected chi connectivity index (χ2v) is 18.5. The van der Waals surface area contributed by atoms with E-state index in [1.54, 1.807) is 73.7 Å². The summed E-state index contributed by atoms with van der Waals surface area (Å²) >= 11 is 0. The van der Waals surface area contributed by atoms with Gasteiger partial charge in [0.1, 0.15) is 23.3 Å². The molecule has 23 heteroatoms. The number of fused-ring (bicyclic) bond motifs is 2. The molecule has 348 valence electrons. The SMILES string of the molecule is Cn1cc(C(=O)Nc2cc(C(=O)Nc3ccc4cc(S(=O)(=O)O)ccc4c3)cn2C)cc1NC(=O)Nc1cc(C(=O)Nc2cc(C(=O)Nc3ccc4cc(S(=O)(=O)O)ccc4c3)cn2C)cn1C. The number of rotatable bonds is 12. The van der Waals surface area contributed by atoms with Crippen LogP contribution in [0.1, 0.15) is 41.4 Å². The number of nitrogens with one attached hydrogen (secondary N) is 6. The van der Waals surface area contributed by atoms with Crippen LogP contribution in [-0.2, 0) is 48.4 Å². The van der Waals surface area contributed by atoms with Crippen LogP contribution >= 0.6 is 0 Å². The average Bonchev–Trinajstić information content (AvgIpc) is 4.05. The fourth-order valence-electron chi connectivity index (χ4n) is 7.22. The van der Waals surface area contributed by atoms with E-state index in [0.29, 0.717) is 44.6 Å². The van der Waals surface area contributed by atoms with E-state index in [1.807, 2.05) is 0 Å². The summed E-state index contributed by atoms with van der Waals surface area (Å²) in [4.78, 5) is 65.6. The second kappa shape index (κ2) is 17.7. The van der Waals surface area contributed by atoms with E-state index in [0.717, 1.165) is 0 Å². The van der Waals surface area contributed by atoms with Crippen LogP contribution < -0.4 is 31.9 Å². The molecule has 8 aromatic rings. The molecular formula is C45H40N10O11S2. The third kappa shape index (κ3) is 9.99. The lowest BCUT2D eigenvalue weighted by atomic mass is 10.1. The molecule has 0 aliphatic rings. The molecule has 0 unspecified atom stereocenters. The predicted molar refractivity (Wildman–Crippen MR) is 254 cm³/mol. The van der Waals surface area contributed by atoms with Gasteiger partial charge in [-0.3, -0.25) is 38.9 Å². The summed E-state index contributed by atoms with van der Waals surface area (Å²) in [7, 11) is -2.23. The molecule has 0 fully saturated rings. The number of carbonyl (C=O) groups is 5. The quantitative estimate of drug-likeness (QED) is 0.0612. The van der Waals surface area contributed by atoms with Gasteiger partial charge in [0, 0.05) is 64.4 Å². The summed E-state index contributed by atoms with van der Waals surface area (Å²) in [5, 5.41) is 18.8. The molecule has 8 N–H and O–H groups in total. The Morgan fingerprint density at radius 1 is 0.382 bits per heavy atom. The van der Waals surface area contributed by atoms with Crippen molar-refractivity contribution in [3.05, 3.63) is 144 Å². The maximum atomic E-state index is 13.3. The van der Waals surface area contributed by atoms with Crippen molar-refractivity contribution in [3.63, 3.8) is 0 Å². The zero-order valence-electron chi connectivity index (χ0n) is 36.2. The first-order valence-corrected chi connectivity index (χ1v) is 23.0. The van der Waals surface area contributed by atoms with Gasteiger partial charge in [0.25, 0.3) is 43.9 Å². The summed E-state index contributed by atoms with van der Waals surface area (Å²) < 4.78 is 70.8. The van der Waals surface area contributed by atoms with E-state index >= 15 is 0 Å². The minimum absolute atomic E-state index is 0.190. The number of aromatic nitrogens is 4. The predicted octanol–water partition coefficient (Wildman–Crippen LogP) is 6.49. The topological polar surface area (TPSA) is 286 Å². The van der Waals surface area contributed by atoms with Crippen LogP contribution in [0.4, 0.5) is 39.4 Å². The van der Waals surface area contributed by atoms with Crippen molar-refractivity contribution >= 4 is 106 Å². The number of hydrogen-bond donors (Lipinski definition) is 8. The molecular weight excluding hydrogens is 921 g/mol. The van der Waals surface area contributed by atoms with Gasteiger partial charge in [-0.1, -0.05) is 24.3 Å². The van der Waals surface area contributed by atoms with Crippen LogP contribution in [0, 0.1) is 0 Å². The largest absolute Gasteiger partial charge is 0.337 e. The number of anilines is 6. The molecule has 6 amide bonds. The molecule has 4 aromatic carbocycles. The van der Waals surface area contributed by atoms with Crippen molar-refractivity contribution in [2.45, 2.75) is 9.79 Å².